The van der Waals surface area contributed by atoms with Crippen molar-refractivity contribution in [1.82, 2.24) is 5.01 Å². The molecule has 0 fully saturated rings. The highest BCUT2D eigenvalue weighted by molar-refractivity contribution is 7.92. The predicted molar refractivity (Wildman–Crippen MR) is 116 cm³/mol. The summed E-state index contributed by atoms with van der Waals surface area (Å²) in [4.78, 5) is 23.8. The molecule has 1 aliphatic rings. The third kappa shape index (κ3) is 5.40. The second-order valence-electron chi connectivity index (χ2n) is 7.06. The molecule has 2 N–H and O–H groups in total. The topological polar surface area (TPSA) is 125 Å². The number of ether oxygens (including phenoxy) is 1. The van der Waals surface area contributed by atoms with Crippen molar-refractivity contribution in [1.29, 1.82) is 0 Å². The number of carboxylic acids is 1. The summed E-state index contributed by atoms with van der Waals surface area (Å²) in [5.74, 6) is -0.947. The Bertz CT molecular complexity index is 1130. The van der Waals surface area contributed by atoms with Crippen molar-refractivity contribution in [3.63, 3.8) is 0 Å². The number of hydrogen-bond donors (Lipinski definition) is 2. The van der Waals surface area contributed by atoms with Crippen LogP contribution in [0.3, 0.4) is 0 Å². The molecule has 1 atom stereocenters. The number of aliphatic carboxylic acids is 1. The lowest BCUT2D eigenvalue weighted by Crippen LogP contribution is -2.27. The lowest BCUT2D eigenvalue weighted by Gasteiger charge is -2.23. The molecule has 0 bridgehead atoms. The van der Waals surface area contributed by atoms with Crippen molar-refractivity contribution >= 4 is 33.3 Å². The number of benzene rings is 2. The lowest BCUT2D eigenvalue weighted by molar-refractivity contribution is -0.141. The van der Waals surface area contributed by atoms with Gasteiger partial charge in [-0.15, -0.1) is 0 Å². The fourth-order valence-electron chi connectivity index (χ4n) is 3.44. The van der Waals surface area contributed by atoms with Gasteiger partial charge in [0.25, 0.3) is 0 Å². The van der Waals surface area contributed by atoms with Gasteiger partial charge < -0.3 is 9.84 Å². The minimum absolute atomic E-state index is 0.207. The maximum atomic E-state index is 12.8. The molecule has 1 aliphatic heterocycles. The molecule has 164 valence electrons. The van der Waals surface area contributed by atoms with E-state index in [-0.39, 0.29) is 12.8 Å². The highest BCUT2D eigenvalue weighted by atomic mass is 32.2. The van der Waals surface area contributed by atoms with Crippen LogP contribution in [-0.2, 0) is 19.6 Å². The van der Waals surface area contributed by atoms with Gasteiger partial charge in [0.05, 0.1) is 37.2 Å². The molecule has 0 saturated carbocycles. The maximum absolute atomic E-state index is 12.8. The number of rotatable bonds is 8. The zero-order valence-electron chi connectivity index (χ0n) is 17.1. The average Bonchev–Trinajstić information content (AvgIpc) is 3.16. The smallest absolute Gasteiger partial charge is 0.303 e. The molecule has 9 nitrogen and oxygen atoms in total. The van der Waals surface area contributed by atoms with Gasteiger partial charge in [-0.05, 0) is 12.1 Å². The number of nitrogens with zero attached hydrogens (tertiary/aromatic N) is 2. The molecule has 1 heterocycles. The van der Waals surface area contributed by atoms with Crippen molar-refractivity contribution in [2.75, 3.05) is 18.1 Å². The zero-order valence-corrected chi connectivity index (χ0v) is 17.9. The molecule has 0 saturated heterocycles. The number of hydrazone groups is 1. The van der Waals surface area contributed by atoms with E-state index in [9.17, 15) is 18.0 Å². The number of hydrogen-bond acceptors (Lipinski definition) is 6. The summed E-state index contributed by atoms with van der Waals surface area (Å²) < 4.78 is 31.5. The summed E-state index contributed by atoms with van der Waals surface area (Å²) in [6.45, 7) is 0. The number of carbonyl (C=O) groups excluding carboxylic acids is 1. The van der Waals surface area contributed by atoms with E-state index in [2.05, 4.69) is 9.82 Å². The van der Waals surface area contributed by atoms with Crippen molar-refractivity contribution in [2.24, 2.45) is 5.10 Å². The number of nitrogens with one attached hydrogen (secondary N) is 1. The number of carbonyl (C=O) groups is 2. The molecule has 0 aliphatic carbocycles. The van der Waals surface area contributed by atoms with Crippen LogP contribution in [0.2, 0.25) is 0 Å². The zero-order chi connectivity index (χ0) is 22.6. The molecule has 0 spiro atoms. The Morgan fingerprint density at radius 1 is 1.16 bits per heavy atom. The quantitative estimate of drug-likeness (QED) is 0.643. The van der Waals surface area contributed by atoms with E-state index >= 15 is 0 Å². The second kappa shape index (κ2) is 9.17. The molecule has 3 rings (SSSR count). The van der Waals surface area contributed by atoms with Crippen LogP contribution < -0.4 is 9.46 Å². The molecule has 0 radical (unpaired) electrons. The van der Waals surface area contributed by atoms with Crippen LogP contribution in [0.15, 0.2) is 53.6 Å². The molecule has 31 heavy (non-hydrogen) atoms. The number of sulfonamides is 1. The molecular weight excluding hydrogens is 422 g/mol. The fraction of sp³-hybridized carbons (Fsp3) is 0.286. The van der Waals surface area contributed by atoms with E-state index < -0.39 is 27.9 Å². The van der Waals surface area contributed by atoms with E-state index in [1.165, 1.54) is 12.1 Å². The predicted octanol–water partition coefficient (Wildman–Crippen LogP) is 2.61. The van der Waals surface area contributed by atoms with Gasteiger partial charge in [-0.1, -0.05) is 36.4 Å². The van der Waals surface area contributed by atoms with Crippen LogP contribution in [0.25, 0.3) is 0 Å². The summed E-state index contributed by atoms with van der Waals surface area (Å²) in [6.07, 6.45) is 0.841. The number of amides is 1. The molecule has 1 amide bonds. The largest absolute Gasteiger partial charge is 0.496 e. The molecule has 0 aromatic heterocycles. The number of anilines is 1. The molecule has 1 unspecified atom stereocenters. The summed E-state index contributed by atoms with van der Waals surface area (Å²) in [5.41, 5.74) is 2.12. The lowest BCUT2D eigenvalue weighted by atomic mass is 9.97. The summed E-state index contributed by atoms with van der Waals surface area (Å²) in [7, 11) is -2.00. The highest BCUT2D eigenvalue weighted by Gasteiger charge is 2.35. The van der Waals surface area contributed by atoms with Gasteiger partial charge in [-0.25, -0.2) is 13.4 Å². The van der Waals surface area contributed by atoms with Gasteiger partial charge in [0.2, 0.25) is 15.9 Å². The van der Waals surface area contributed by atoms with Crippen LogP contribution in [0.5, 0.6) is 5.75 Å². The minimum Gasteiger partial charge on any atom is -0.496 e. The Morgan fingerprint density at radius 3 is 2.52 bits per heavy atom. The van der Waals surface area contributed by atoms with E-state index in [1.54, 1.807) is 36.4 Å². The summed E-state index contributed by atoms with van der Waals surface area (Å²) in [5, 5.41) is 14.7. The van der Waals surface area contributed by atoms with Crippen LogP contribution in [0, 0.1) is 0 Å². The number of methoxy groups -OCH3 is 1. The van der Waals surface area contributed by atoms with Gasteiger partial charge in [-0.2, -0.15) is 5.10 Å². The summed E-state index contributed by atoms with van der Waals surface area (Å²) >= 11 is 0. The Balaban J connectivity index is 2.02. The van der Waals surface area contributed by atoms with E-state index in [0.29, 0.717) is 29.1 Å². The first-order chi connectivity index (χ1) is 14.7. The van der Waals surface area contributed by atoms with E-state index in [1.807, 2.05) is 12.1 Å². The van der Waals surface area contributed by atoms with Crippen molar-refractivity contribution in [3.05, 3.63) is 59.7 Å². The normalized spacial score (nSPS) is 16.0. The van der Waals surface area contributed by atoms with E-state index in [0.717, 1.165) is 11.8 Å². The first-order valence-electron chi connectivity index (χ1n) is 9.51. The monoisotopic (exact) mass is 445 g/mol. The van der Waals surface area contributed by atoms with Gasteiger partial charge in [0, 0.05) is 24.0 Å². The molecule has 2 aromatic rings. The van der Waals surface area contributed by atoms with Gasteiger partial charge in [0.1, 0.15) is 5.75 Å². The van der Waals surface area contributed by atoms with E-state index in [4.69, 9.17) is 9.84 Å². The fourth-order valence-corrected chi connectivity index (χ4v) is 4.02. The van der Waals surface area contributed by atoms with Crippen LogP contribution in [0.4, 0.5) is 5.69 Å². The average molecular weight is 445 g/mol. The van der Waals surface area contributed by atoms with Crippen LogP contribution >= 0.6 is 0 Å². The summed E-state index contributed by atoms with van der Waals surface area (Å²) in [6, 6.07) is 13.5. The van der Waals surface area contributed by atoms with Crippen LogP contribution in [-0.4, -0.2) is 49.5 Å². The van der Waals surface area contributed by atoms with Gasteiger partial charge in [0.15, 0.2) is 0 Å². The molecular formula is C21H23N3O6S. The first kappa shape index (κ1) is 22.3. The Morgan fingerprint density at radius 2 is 1.84 bits per heavy atom. The highest BCUT2D eigenvalue weighted by Crippen LogP contribution is 2.38. The third-order valence-corrected chi connectivity index (χ3v) is 5.34. The van der Waals surface area contributed by atoms with Gasteiger partial charge in [-0.3, -0.25) is 14.3 Å². The Labute approximate surface area is 180 Å². The second-order valence-corrected chi connectivity index (χ2v) is 8.81. The van der Waals surface area contributed by atoms with Crippen molar-refractivity contribution in [2.45, 2.75) is 25.3 Å². The minimum atomic E-state index is -3.52. The first-order valence-corrected chi connectivity index (χ1v) is 11.4. The maximum Gasteiger partial charge on any atom is 0.303 e. The standard InChI is InChI=1S/C21H23N3O6S/c1-30-19-10-6-4-8-15(19)18-13-17(22-24(18)20(25)11-12-21(26)27)14-7-3-5-9-16(14)23-31(2,28)29/h3-10,18,23H,11-13H2,1-2H3,(H,26,27). The molecule has 10 heteroatoms. The Kier molecular flexibility index (Phi) is 6.59. The number of para-hydroxylation sites is 2. The van der Waals surface area contributed by atoms with Crippen LogP contribution in [0.1, 0.15) is 36.4 Å². The van der Waals surface area contributed by atoms with Crippen molar-refractivity contribution in [3.8, 4) is 5.75 Å². The van der Waals surface area contributed by atoms with Gasteiger partial charge >= 0.3 is 5.97 Å². The third-order valence-electron chi connectivity index (χ3n) is 4.75. The Hall–Kier alpha value is -3.40. The van der Waals surface area contributed by atoms with Crippen molar-refractivity contribution < 1.29 is 27.9 Å². The molecule has 2 aromatic carbocycles. The SMILES string of the molecule is COc1ccccc1C1CC(c2ccccc2NS(C)(=O)=O)=NN1C(=O)CCC(=O)O. The number of carboxylic acid groups (broad SMARTS) is 1.